The van der Waals surface area contributed by atoms with Gasteiger partial charge in [-0.05, 0) is 12.8 Å². The van der Waals surface area contributed by atoms with Crippen LogP contribution in [0.25, 0.3) is 5.82 Å². The molecule has 0 atom stereocenters. The van der Waals surface area contributed by atoms with Crippen molar-refractivity contribution in [2.45, 2.75) is 18.8 Å². The van der Waals surface area contributed by atoms with Gasteiger partial charge in [0.15, 0.2) is 5.82 Å². The first kappa shape index (κ1) is 9.59. The third-order valence-electron chi connectivity index (χ3n) is 2.48. The number of hydrogen-bond acceptors (Lipinski definition) is 4. The highest BCUT2D eigenvalue weighted by atomic mass is 35.5. The van der Waals surface area contributed by atoms with E-state index in [0.29, 0.717) is 22.6 Å². The van der Waals surface area contributed by atoms with Gasteiger partial charge in [-0.15, -0.1) is 0 Å². The molecule has 16 heavy (non-hydrogen) atoms. The highest BCUT2D eigenvalue weighted by molar-refractivity contribution is 6.30. The van der Waals surface area contributed by atoms with E-state index in [1.54, 1.807) is 23.1 Å². The third kappa shape index (κ3) is 1.74. The van der Waals surface area contributed by atoms with Crippen molar-refractivity contribution in [1.82, 2.24) is 19.7 Å². The Hall–Kier alpha value is -1.62. The molecule has 0 aromatic carbocycles. The Bertz CT molecular complexity index is 532. The number of halogens is 1. The van der Waals surface area contributed by atoms with Gasteiger partial charge in [-0.2, -0.15) is 5.10 Å². The number of aromatic nitrogens is 4. The SMILES string of the molecule is Nc1cc(-n2cc(Cl)cn2)nc(C2CC2)n1. The van der Waals surface area contributed by atoms with Crippen LogP contribution < -0.4 is 5.73 Å². The van der Waals surface area contributed by atoms with Gasteiger partial charge in [-0.3, -0.25) is 0 Å². The van der Waals surface area contributed by atoms with Crippen LogP contribution in [0.1, 0.15) is 24.6 Å². The van der Waals surface area contributed by atoms with E-state index in [1.165, 1.54) is 0 Å². The molecule has 3 rings (SSSR count). The fourth-order valence-electron chi connectivity index (χ4n) is 1.54. The zero-order valence-corrected chi connectivity index (χ0v) is 9.22. The highest BCUT2D eigenvalue weighted by Crippen LogP contribution is 2.38. The minimum absolute atomic E-state index is 0.466. The molecule has 1 fully saturated rings. The Morgan fingerprint density at radius 2 is 2.19 bits per heavy atom. The number of nitrogens with zero attached hydrogens (tertiary/aromatic N) is 4. The molecule has 1 saturated carbocycles. The van der Waals surface area contributed by atoms with Crippen molar-refractivity contribution in [3.63, 3.8) is 0 Å². The van der Waals surface area contributed by atoms with Crippen LogP contribution >= 0.6 is 11.6 Å². The molecule has 0 bridgehead atoms. The summed E-state index contributed by atoms with van der Waals surface area (Å²) in [6, 6.07) is 1.69. The maximum Gasteiger partial charge on any atom is 0.159 e. The van der Waals surface area contributed by atoms with Gasteiger partial charge in [0.25, 0.3) is 0 Å². The second-order valence-corrected chi connectivity index (χ2v) is 4.32. The van der Waals surface area contributed by atoms with E-state index in [4.69, 9.17) is 17.3 Å². The Labute approximate surface area is 97.3 Å². The van der Waals surface area contributed by atoms with Crippen LogP contribution in [0, 0.1) is 0 Å². The molecule has 6 heteroatoms. The number of hydrogen-bond donors (Lipinski definition) is 1. The lowest BCUT2D eigenvalue weighted by atomic mass is 10.4. The number of rotatable bonds is 2. The van der Waals surface area contributed by atoms with Gasteiger partial charge in [-0.25, -0.2) is 14.6 Å². The van der Waals surface area contributed by atoms with Crippen LogP contribution in [0.15, 0.2) is 18.5 Å². The minimum Gasteiger partial charge on any atom is -0.384 e. The van der Waals surface area contributed by atoms with Crippen molar-refractivity contribution >= 4 is 17.4 Å². The molecule has 1 aliphatic carbocycles. The van der Waals surface area contributed by atoms with Crippen molar-refractivity contribution in [3.05, 3.63) is 29.3 Å². The molecule has 82 valence electrons. The maximum atomic E-state index is 5.81. The lowest BCUT2D eigenvalue weighted by Crippen LogP contribution is -2.05. The van der Waals surface area contributed by atoms with E-state index in [2.05, 4.69) is 15.1 Å². The van der Waals surface area contributed by atoms with Gasteiger partial charge in [0, 0.05) is 12.0 Å². The molecule has 0 radical (unpaired) electrons. The molecular formula is C10H10ClN5. The van der Waals surface area contributed by atoms with E-state index >= 15 is 0 Å². The van der Waals surface area contributed by atoms with Crippen molar-refractivity contribution in [2.24, 2.45) is 0 Å². The average Bonchev–Trinajstić information content (AvgIpc) is 3.01. The summed E-state index contributed by atoms with van der Waals surface area (Å²) in [4.78, 5) is 8.65. The minimum atomic E-state index is 0.466. The lowest BCUT2D eigenvalue weighted by Gasteiger charge is -2.04. The van der Waals surface area contributed by atoms with Gasteiger partial charge in [-0.1, -0.05) is 11.6 Å². The molecule has 0 unspecified atom stereocenters. The summed E-state index contributed by atoms with van der Waals surface area (Å²) in [5.41, 5.74) is 5.74. The van der Waals surface area contributed by atoms with Gasteiger partial charge >= 0.3 is 0 Å². The maximum absolute atomic E-state index is 5.81. The van der Waals surface area contributed by atoms with Crippen molar-refractivity contribution in [2.75, 3.05) is 5.73 Å². The summed E-state index contributed by atoms with van der Waals surface area (Å²) in [6.45, 7) is 0. The average molecular weight is 236 g/mol. The van der Waals surface area contributed by atoms with Crippen LogP contribution in [0.3, 0.4) is 0 Å². The van der Waals surface area contributed by atoms with Gasteiger partial charge in [0.1, 0.15) is 11.6 Å². The summed E-state index contributed by atoms with van der Waals surface area (Å²) in [6.07, 6.45) is 5.54. The molecular weight excluding hydrogens is 226 g/mol. The Morgan fingerprint density at radius 3 is 2.81 bits per heavy atom. The number of nitrogens with two attached hydrogens (primary N) is 1. The van der Waals surface area contributed by atoms with Crippen LogP contribution in [0.5, 0.6) is 0 Å². The molecule has 2 aromatic rings. The fourth-order valence-corrected chi connectivity index (χ4v) is 1.68. The molecule has 0 amide bonds. The lowest BCUT2D eigenvalue weighted by molar-refractivity contribution is 0.812. The topological polar surface area (TPSA) is 69.6 Å². The second kappa shape index (κ2) is 3.45. The normalized spacial score (nSPS) is 15.3. The van der Waals surface area contributed by atoms with E-state index in [-0.39, 0.29) is 0 Å². The molecule has 2 N–H and O–H groups in total. The standard InChI is InChI=1S/C10H10ClN5/c11-7-4-13-16(5-7)9-3-8(12)14-10(15-9)6-1-2-6/h3-6H,1-2H2,(H2,12,14,15). The summed E-state index contributed by atoms with van der Waals surface area (Å²) >= 11 is 5.81. The quantitative estimate of drug-likeness (QED) is 0.861. The summed E-state index contributed by atoms with van der Waals surface area (Å²) in [7, 11) is 0. The van der Waals surface area contributed by atoms with E-state index < -0.39 is 0 Å². The van der Waals surface area contributed by atoms with E-state index in [9.17, 15) is 0 Å². The van der Waals surface area contributed by atoms with E-state index in [0.717, 1.165) is 18.7 Å². The first-order valence-corrected chi connectivity index (χ1v) is 5.45. The Balaban J connectivity index is 2.06. The first-order valence-electron chi connectivity index (χ1n) is 5.07. The number of anilines is 1. The van der Waals surface area contributed by atoms with Crippen LogP contribution in [-0.4, -0.2) is 19.7 Å². The molecule has 0 saturated heterocycles. The van der Waals surface area contributed by atoms with Gasteiger partial charge in [0.2, 0.25) is 0 Å². The van der Waals surface area contributed by atoms with Gasteiger partial charge < -0.3 is 5.73 Å². The summed E-state index contributed by atoms with van der Waals surface area (Å²) in [5.74, 6) is 2.41. The van der Waals surface area contributed by atoms with Crippen LogP contribution in [0.4, 0.5) is 5.82 Å². The number of nitrogen functional groups attached to an aromatic ring is 1. The van der Waals surface area contributed by atoms with Crippen molar-refractivity contribution < 1.29 is 0 Å². The molecule has 5 nitrogen and oxygen atoms in total. The first-order chi connectivity index (χ1) is 7.72. The predicted octanol–water partition coefficient (Wildman–Crippen LogP) is 1.78. The third-order valence-corrected chi connectivity index (χ3v) is 2.67. The molecule has 0 spiro atoms. The zero-order valence-electron chi connectivity index (χ0n) is 8.47. The fraction of sp³-hybridized carbons (Fsp3) is 0.300. The summed E-state index contributed by atoms with van der Waals surface area (Å²) < 4.78 is 1.60. The zero-order chi connectivity index (χ0) is 11.1. The molecule has 0 aliphatic heterocycles. The molecule has 2 heterocycles. The van der Waals surface area contributed by atoms with Crippen LogP contribution in [-0.2, 0) is 0 Å². The van der Waals surface area contributed by atoms with Gasteiger partial charge in [0.05, 0.1) is 17.4 Å². The largest absolute Gasteiger partial charge is 0.384 e. The molecule has 2 aromatic heterocycles. The second-order valence-electron chi connectivity index (χ2n) is 3.89. The Morgan fingerprint density at radius 1 is 1.38 bits per heavy atom. The van der Waals surface area contributed by atoms with Crippen molar-refractivity contribution in [3.8, 4) is 5.82 Å². The Kier molecular flexibility index (Phi) is 2.07. The summed E-state index contributed by atoms with van der Waals surface area (Å²) in [5, 5.41) is 4.66. The van der Waals surface area contributed by atoms with Crippen molar-refractivity contribution in [1.29, 1.82) is 0 Å². The smallest absolute Gasteiger partial charge is 0.159 e. The molecule has 1 aliphatic rings. The van der Waals surface area contributed by atoms with E-state index in [1.807, 2.05) is 0 Å². The predicted molar refractivity (Wildman–Crippen MR) is 60.6 cm³/mol. The monoisotopic (exact) mass is 235 g/mol. The van der Waals surface area contributed by atoms with Crippen LogP contribution in [0.2, 0.25) is 5.02 Å². The highest BCUT2D eigenvalue weighted by Gasteiger charge is 2.27.